The Morgan fingerprint density at radius 2 is 1.05 bits per heavy atom. The van der Waals surface area contributed by atoms with E-state index in [-0.39, 0.29) is 18.9 Å². The van der Waals surface area contributed by atoms with Gasteiger partial charge in [0.15, 0.2) is 12.6 Å². The Balaban J connectivity index is 1.84. The molecule has 2 rings (SSSR count). The van der Waals surface area contributed by atoms with Gasteiger partial charge in [-0.1, -0.05) is 161 Å². The first-order valence-electron chi connectivity index (χ1n) is 23.4. The lowest BCUT2D eigenvalue weighted by Gasteiger charge is -2.46. The molecule has 59 heavy (non-hydrogen) atoms. The lowest BCUT2D eigenvalue weighted by Crippen LogP contribution is -2.65. The number of nitrogens with one attached hydrogen (secondary N) is 1. The SMILES string of the molecule is CCCCCCCCCCCCCCCCCC/C=C/C(O)C(COC1OC(CO)C(OC2OC(CO)C(O)C(O)C2O)C(O)C1O)NC(=O)CCCCCCCCC. The van der Waals surface area contributed by atoms with Crippen LogP contribution in [-0.2, 0) is 23.7 Å². The van der Waals surface area contributed by atoms with Crippen LogP contribution < -0.4 is 5.32 Å². The molecule has 348 valence electrons. The Morgan fingerprint density at radius 3 is 1.56 bits per heavy atom. The van der Waals surface area contributed by atoms with Crippen LogP contribution in [-0.4, -0.2) is 140 Å². The van der Waals surface area contributed by atoms with E-state index in [2.05, 4.69) is 19.2 Å². The number of carbonyl (C=O) groups is 1. The molecule has 0 aromatic carbocycles. The van der Waals surface area contributed by atoms with E-state index in [1.165, 1.54) is 109 Å². The number of ether oxygens (including phenoxy) is 4. The molecule has 0 aromatic rings. The number of hydrogen-bond donors (Lipinski definition) is 9. The molecule has 0 spiro atoms. The lowest BCUT2D eigenvalue weighted by molar-refractivity contribution is -0.359. The van der Waals surface area contributed by atoms with E-state index >= 15 is 0 Å². The van der Waals surface area contributed by atoms with Crippen molar-refractivity contribution in [1.82, 2.24) is 5.32 Å². The highest BCUT2D eigenvalue weighted by Gasteiger charge is 2.50. The second-order valence-electron chi connectivity index (χ2n) is 16.9. The second kappa shape index (κ2) is 33.3. The Morgan fingerprint density at radius 1 is 0.593 bits per heavy atom. The summed E-state index contributed by atoms with van der Waals surface area (Å²) in [6, 6.07) is -0.905. The fourth-order valence-corrected chi connectivity index (χ4v) is 7.82. The molecule has 0 bridgehead atoms. The number of unbranched alkanes of at least 4 members (excludes halogenated alkanes) is 22. The fourth-order valence-electron chi connectivity index (χ4n) is 7.82. The fraction of sp³-hybridized carbons (Fsp3) is 0.933. The molecule has 2 fully saturated rings. The van der Waals surface area contributed by atoms with E-state index in [9.17, 15) is 45.6 Å². The zero-order valence-corrected chi connectivity index (χ0v) is 36.5. The number of allylic oxidation sites excluding steroid dienone is 1. The summed E-state index contributed by atoms with van der Waals surface area (Å²) in [7, 11) is 0. The summed E-state index contributed by atoms with van der Waals surface area (Å²) in [4.78, 5) is 13.0. The van der Waals surface area contributed by atoms with Crippen LogP contribution in [0, 0.1) is 0 Å². The summed E-state index contributed by atoms with van der Waals surface area (Å²) in [5, 5.41) is 86.3. The standard InChI is InChI=1S/C45H85NO13/c1-3-5-7-9-11-12-13-14-15-16-17-18-19-20-21-23-24-26-28-34(49)33(46-37(50)29-27-25-22-10-8-6-4-2)32-56-44-42(55)40(53)43(36(31-48)58-44)59-45-41(54)39(52)38(51)35(30-47)57-45/h26,28,33-36,38-45,47-49,51-55H,3-25,27,29-32H2,1-2H3,(H,46,50)/b28-26+. The number of aliphatic hydroxyl groups is 8. The Labute approximate surface area is 355 Å². The van der Waals surface area contributed by atoms with E-state index < -0.39 is 86.8 Å². The second-order valence-corrected chi connectivity index (χ2v) is 16.9. The van der Waals surface area contributed by atoms with Crippen LogP contribution >= 0.6 is 0 Å². The van der Waals surface area contributed by atoms with Gasteiger partial charge in [0, 0.05) is 6.42 Å². The van der Waals surface area contributed by atoms with Gasteiger partial charge in [0.2, 0.25) is 5.91 Å². The normalized spacial score (nSPS) is 28.6. The van der Waals surface area contributed by atoms with Gasteiger partial charge in [-0.15, -0.1) is 0 Å². The predicted octanol–water partition coefficient (Wildman–Crippen LogP) is 4.82. The van der Waals surface area contributed by atoms with Crippen LogP contribution in [0.15, 0.2) is 12.2 Å². The van der Waals surface area contributed by atoms with Crippen molar-refractivity contribution in [2.24, 2.45) is 0 Å². The Kier molecular flexibility index (Phi) is 30.4. The smallest absolute Gasteiger partial charge is 0.220 e. The van der Waals surface area contributed by atoms with E-state index in [1.54, 1.807) is 6.08 Å². The minimum Gasteiger partial charge on any atom is -0.394 e. The van der Waals surface area contributed by atoms with Gasteiger partial charge >= 0.3 is 0 Å². The van der Waals surface area contributed by atoms with Gasteiger partial charge < -0.3 is 65.1 Å². The van der Waals surface area contributed by atoms with Crippen molar-refractivity contribution in [3.63, 3.8) is 0 Å². The molecular formula is C45H85NO13. The van der Waals surface area contributed by atoms with Gasteiger partial charge in [-0.25, -0.2) is 0 Å². The highest BCUT2D eigenvalue weighted by atomic mass is 16.7. The maximum atomic E-state index is 13.0. The molecule has 0 radical (unpaired) electrons. The van der Waals surface area contributed by atoms with Crippen molar-refractivity contribution in [1.29, 1.82) is 0 Å². The zero-order valence-electron chi connectivity index (χ0n) is 36.5. The van der Waals surface area contributed by atoms with E-state index in [4.69, 9.17) is 18.9 Å². The number of rotatable bonds is 35. The number of amides is 1. The van der Waals surface area contributed by atoms with Gasteiger partial charge in [0.1, 0.15) is 48.8 Å². The van der Waals surface area contributed by atoms with Crippen LogP contribution in [0.5, 0.6) is 0 Å². The maximum Gasteiger partial charge on any atom is 0.220 e. The van der Waals surface area contributed by atoms with Crippen molar-refractivity contribution in [2.75, 3.05) is 19.8 Å². The monoisotopic (exact) mass is 848 g/mol. The lowest BCUT2D eigenvalue weighted by atomic mass is 9.97. The average molecular weight is 848 g/mol. The third-order valence-corrected chi connectivity index (χ3v) is 11.7. The summed E-state index contributed by atoms with van der Waals surface area (Å²) in [5.41, 5.74) is 0. The molecule has 1 amide bonds. The summed E-state index contributed by atoms with van der Waals surface area (Å²) in [5.74, 6) is -0.246. The molecule has 12 atom stereocenters. The molecule has 2 aliphatic rings. The Bertz CT molecular complexity index is 1050. The molecule has 0 aromatic heterocycles. The quantitative estimate of drug-likeness (QED) is 0.0308. The van der Waals surface area contributed by atoms with Crippen molar-refractivity contribution >= 4 is 5.91 Å². The molecule has 12 unspecified atom stereocenters. The minimum absolute atomic E-state index is 0.246. The van der Waals surface area contributed by atoms with Crippen LogP contribution in [0.2, 0.25) is 0 Å². The number of aliphatic hydroxyl groups excluding tert-OH is 8. The van der Waals surface area contributed by atoms with E-state index in [0.717, 1.165) is 38.5 Å². The first kappa shape index (κ1) is 53.9. The molecule has 0 aliphatic carbocycles. The topological polar surface area (TPSA) is 228 Å². The van der Waals surface area contributed by atoms with Crippen molar-refractivity contribution in [2.45, 2.75) is 248 Å². The highest BCUT2D eigenvalue weighted by Crippen LogP contribution is 2.30. The van der Waals surface area contributed by atoms with Gasteiger partial charge in [-0.05, 0) is 19.3 Å². The predicted molar refractivity (Wildman–Crippen MR) is 226 cm³/mol. The van der Waals surface area contributed by atoms with Crippen LogP contribution in [0.4, 0.5) is 0 Å². The van der Waals surface area contributed by atoms with Crippen LogP contribution in [0.25, 0.3) is 0 Å². The van der Waals surface area contributed by atoms with Gasteiger partial charge in [-0.2, -0.15) is 0 Å². The Hall–Kier alpha value is -1.27. The summed E-state index contributed by atoms with van der Waals surface area (Å²) < 4.78 is 22.6. The highest BCUT2D eigenvalue weighted by molar-refractivity contribution is 5.76. The number of hydrogen-bond acceptors (Lipinski definition) is 13. The largest absolute Gasteiger partial charge is 0.394 e. The molecule has 2 heterocycles. The van der Waals surface area contributed by atoms with E-state index in [0.29, 0.717) is 6.42 Å². The summed E-state index contributed by atoms with van der Waals surface area (Å²) in [6.45, 7) is 2.72. The zero-order chi connectivity index (χ0) is 43.3. The third-order valence-electron chi connectivity index (χ3n) is 11.7. The molecule has 9 N–H and O–H groups in total. The van der Waals surface area contributed by atoms with Crippen molar-refractivity contribution in [3.05, 3.63) is 12.2 Å². The van der Waals surface area contributed by atoms with Crippen molar-refractivity contribution in [3.8, 4) is 0 Å². The van der Waals surface area contributed by atoms with Gasteiger partial charge in [-0.3, -0.25) is 4.79 Å². The first-order chi connectivity index (χ1) is 28.6. The van der Waals surface area contributed by atoms with Crippen LogP contribution in [0.3, 0.4) is 0 Å². The average Bonchev–Trinajstić information content (AvgIpc) is 3.23. The molecule has 2 saturated heterocycles. The van der Waals surface area contributed by atoms with Gasteiger partial charge in [0.05, 0.1) is 32.0 Å². The van der Waals surface area contributed by atoms with Crippen molar-refractivity contribution < 1.29 is 64.6 Å². The van der Waals surface area contributed by atoms with Gasteiger partial charge in [0.25, 0.3) is 0 Å². The number of carbonyl (C=O) groups excluding carboxylic acids is 1. The first-order valence-corrected chi connectivity index (χ1v) is 23.4. The molecule has 2 aliphatic heterocycles. The third kappa shape index (κ3) is 21.6. The molecule has 14 heteroatoms. The van der Waals surface area contributed by atoms with Crippen LogP contribution in [0.1, 0.15) is 174 Å². The maximum absolute atomic E-state index is 13.0. The minimum atomic E-state index is -1.78. The summed E-state index contributed by atoms with van der Waals surface area (Å²) in [6.07, 6.45) is 15.7. The molecule has 14 nitrogen and oxygen atoms in total. The van der Waals surface area contributed by atoms with E-state index in [1.807, 2.05) is 6.08 Å². The summed E-state index contributed by atoms with van der Waals surface area (Å²) >= 11 is 0. The molecule has 0 saturated carbocycles. The molecular weight excluding hydrogens is 762 g/mol.